The number of hydrogen-bond donors (Lipinski definition) is 0. The van der Waals surface area contributed by atoms with Gasteiger partial charge in [-0.1, -0.05) is 18.2 Å². The van der Waals surface area contributed by atoms with Crippen molar-refractivity contribution in [2.75, 3.05) is 0 Å². The summed E-state index contributed by atoms with van der Waals surface area (Å²) < 4.78 is 26.9. The zero-order valence-electron chi connectivity index (χ0n) is 9.22. The predicted molar refractivity (Wildman–Crippen MR) is 61.3 cm³/mol. The standard InChI is InChI=1S/C14H12F2/c1-9-6-11(8-12(15)7-9)14-10(2)4-3-5-13(14)16/h3-8H,1-2H3. The van der Waals surface area contributed by atoms with Crippen LogP contribution in [0.5, 0.6) is 0 Å². The van der Waals surface area contributed by atoms with E-state index in [1.165, 1.54) is 18.2 Å². The third kappa shape index (κ3) is 1.96. The summed E-state index contributed by atoms with van der Waals surface area (Å²) in [6, 6.07) is 9.44. The molecule has 0 atom stereocenters. The van der Waals surface area contributed by atoms with Gasteiger partial charge >= 0.3 is 0 Å². The van der Waals surface area contributed by atoms with Crippen molar-refractivity contribution in [3.8, 4) is 11.1 Å². The van der Waals surface area contributed by atoms with Crippen molar-refractivity contribution in [1.29, 1.82) is 0 Å². The summed E-state index contributed by atoms with van der Waals surface area (Å²) in [5.74, 6) is -0.650. The molecule has 82 valence electrons. The Balaban J connectivity index is 2.67. The first-order valence-corrected chi connectivity index (χ1v) is 5.10. The minimum atomic E-state index is -0.336. The van der Waals surface area contributed by atoms with Gasteiger partial charge in [-0.3, -0.25) is 0 Å². The summed E-state index contributed by atoms with van der Waals surface area (Å²) >= 11 is 0. The van der Waals surface area contributed by atoms with Crippen LogP contribution in [0.3, 0.4) is 0 Å². The SMILES string of the molecule is Cc1cc(F)cc(-c2c(C)cccc2F)c1. The molecule has 2 aromatic carbocycles. The van der Waals surface area contributed by atoms with Gasteiger partial charge in [-0.2, -0.15) is 0 Å². The maximum Gasteiger partial charge on any atom is 0.131 e. The molecule has 0 aliphatic carbocycles. The van der Waals surface area contributed by atoms with E-state index in [0.717, 1.165) is 11.1 Å². The lowest BCUT2D eigenvalue weighted by atomic mass is 9.98. The molecule has 0 nitrogen and oxygen atoms in total. The summed E-state index contributed by atoms with van der Waals surface area (Å²) in [6.07, 6.45) is 0. The highest BCUT2D eigenvalue weighted by Gasteiger charge is 2.09. The molecule has 0 saturated carbocycles. The number of rotatable bonds is 1. The first kappa shape index (κ1) is 10.8. The third-order valence-corrected chi connectivity index (χ3v) is 2.55. The van der Waals surface area contributed by atoms with Crippen molar-refractivity contribution in [3.05, 3.63) is 59.2 Å². The first-order valence-electron chi connectivity index (χ1n) is 5.10. The molecule has 0 saturated heterocycles. The highest BCUT2D eigenvalue weighted by Crippen LogP contribution is 2.27. The molecule has 0 radical (unpaired) electrons. The lowest BCUT2D eigenvalue weighted by molar-refractivity contribution is 0.623. The maximum absolute atomic E-state index is 13.7. The highest BCUT2D eigenvalue weighted by atomic mass is 19.1. The van der Waals surface area contributed by atoms with E-state index in [0.29, 0.717) is 11.1 Å². The Morgan fingerprint density at radius 3 is 2.31 bits per heavy atom. The van der Waals surface area contributed by atoms with Crippen molar-refractivity contribution in [2.24, 2.45) is 0 Å². The third-order valence-electron chi connectivity index (χ3n) is 2.55. The molecule has 0 heterocycles. The molecule has 2 heteroatoms. The van der Waals surface area contributed by atoms with Gasteiger partial charge in [0.15, 0.2) is 0 Å². The average Bonchev–Trinajstić information content (AvgIpc) is 2.15. The van der Waals surface area contributed by atoms with Gasteiger partial charge in [0.2, 0.25) is 0 Å². The second-order valence-corrected chi connectivity index (χ2v) is 3.95. The van der Waals surface area contributed by atoms with Gasteiger partial charge in [0.25, 0.3) is 0 Å². The summed E-state index contributed by atoms with van der Waals surface area (Å²) in [7, 11) is 0. The van der Waals surface area contributed by atoms with Crippen molar-refractivity contribution in [2.45, 2.75) is 13.8 Å². The molecule has 2 rings (SSSR count). The van der Waals surface area contributed by atoms with Gasteiger partial charge in [-0.15, -0.1) is 0 Å². The van der Waals surface area contributed by atoms with E-state index in [2.05, 4.69) is 0 Å². The van der Waals surface area contributed by atoms with E-state index in [1.807, 2.05) is 13.0 Å². The van der Waals surface area contributed by atoms with Gasteiger partial charge in [0.1, 0.15) is 11.6 Å². The maximum atomic E-state index is 13.7. The monoisotopic (exact) mass is 218 g/mol. The quantitative estimate of drug-likeness (QED) is 0.671. The van der Waals surface area contributed by atoms with Crippen LogP contribution in [0.4, 0.5) is 8.78 Å². The first-order chi connectivity index (χ1) is 7.58. The number of halogens is 2. The lowest BCUT2D eigenvalue weighted by Gasteiger charge is -2.08. The molecule has 0 aliphatic heterocycles. The fourth-order valence-electron chi connectivity index (χ4n) is 1.88. The van der Waals surface area contributed by atoms with E-state index in [9.17, 15) is 8.78 Å². The largest absolute Gasteiger partial charge is 0.207 e. The van der Waals surface area contributed by atoms with Gasteiger partial charge in [0, 0.05) is 5.56 Å². The highest BCUT2D eigenvalue weighted by molar-refractivity contribution is 5.68. The van der Waals surface area contributed by atoms with Crippen LogP contribution in [0.25, 0.3) is 11.1 Å². The lowest BCUT2D eigenvalue weighted by Crippen LogP contribution is -1.90. The Labute approximate surface area is 93.5 Å². The minimum absolute atomic E-state index is 0.315. The molecule has 0 amide bonds. The Morgan fingerprint density at radius 2 is 1.69 bits per heavy atom. The van der Waals surface area contributed by atoms with E-state index in [-0.39, 0.29) is 11.6 Å². The number of hydrogen-bond acceptors (Lipinski definition) is 0. The number of benzene rings is 2. The zero-order valence-corrected chi connectivity index (χ0v) is 9.22. The molecule has 0 aromatic heterocycles. The molecule has 0 unspecified atom stereocenters. The van der Waals surface area contributed by atoms with Crippen molar-refractivity contribution in [1.82, 2.24) is 0 Å². The second kappa shape index (κ2) is 4.05. The fourth-order valence-corrected chi connectivity index (χ4v) is 1.88. The van der Waals surface area contributed by atoms with Crippen LogP contribution in [-0.2, 0) is 0 Å². The smallest absolute Gasteiger partial charge is 0.131 e. The van der Waals surface area contributed by atoms with Crippen LogP contribution >= 0.6 is 0 Å². The Kier molecular flexibility index (Phi) is 2.73. The predicted octanol–water partition coefficient (Wildman–Crippen LogP) is 4.25. The van der Waals surface area contributed by atoms with Crippen LogP contribution in [0.2, 0.25) is 0 Å². The van der Waals surface area contributed by atoms with Crippen molar-refractivity contribution < 1.29 is 8.78 Å². The zero-order chi connectivity index (χ0) is 11.7. The number of aryl methyl sites for hydroxylation is 2. The minimum Gasteiger partial charge on any atom is -0.207 e. The van der Waals surface area contributed by atoms with E-state index in [4.69, 9.17) is 0 Å². The molecule has 0 bridgehead atoms. The molecule has 2 aromatic rings. The second-order valence-electron chi connectivity index (χ2n) is 3.95. The molecular weight excluding hydrogens is 206 g/mol. The summed E-state index contributed by atoms with van der Waals surface area (Å²) in [4.78, 5) is 0. The molecule has 0 fully saturated rings. The van der Waals surface area contributed by atoms with Crippen LogP contribution in [0.1, 0.15) is 11.1 Å². The van der Waals surface area contributed by atoms with Crippen LogP contribution in [-0.4, -0.2) is 0 Å². The molecule has 0 aliphatic rings. The normalized spacial score (nSPS) is 10.5. The van der Waals surface area contributed by atoms with Gasteiger partial charge in [0.05, 0.1) is 0 Å². The Hall–Kier alpha value is -1.70. The van der Waals surface area contributed by atoms with Crippen LogP contribution < -0.4 is 0 Å². The summed E-state index contributed by atoms with van der Waals surface area (Å²) in [5.41, 5.74) is 2.67. The molecule has 0 N–H and O–H groups in total. The molecule has 0 spiro atoms. The van der Waals surface area contributed by atoms with E-state index < -0.39 is 0 Å². The van der Waals surface area contributed by atoms with E-state index in [1.54, 1.807) is 19.1 Å². The topological polar surface area (TPSA) is 0 Å². The van der Waals surface area contributed by atoms with E-state index >= 15 is 0 Å². The van der Waals surface area contributed by atoms with Crippen molar-refractivity contribution in [3.63, 3.8) is 0 Å². The molecular formula is C14H12F2. The van der Waals surface area contributed by atoms with Gasteiger partial charge in [-0.05, 0) is 48.7 Å². The average molecular weight is 218 g/mol. The van der Waals surface area contributed by atoms with Gasteiger partial charge in [-0.25, -0.2) is 8.78 Å². The summed E-state index contributed by atoms with van der Waals surface area (Å²) in [5, 5.41) is 0. The summed E-state index contributed by atoms with van der Waals surface area (Å²) in [6.45, 7) is 3.61. The van der Waals surface area contributed by atoms with Crippen LogP contribution in [0.15, 0.2) is 36.4 Å². The van der Waals surface area contributed by atoms with Crippen LogP contribution in [0, 0.1) is 25.5 Å². The van der Waals surface area contributed by atoms with Crippen molar-refractivity contribution >= 4 is 0 Å². The Morgan fingerprint density at radius 1 is 0.938 bits per heavy atom. The molecule has 16 heavy (non-hydrogen) atoms. The van der Waals surface area contributed by atoms with Gasteiger partial charge < -0.3 is 0 Å². The fraction of sp³-hybridized carbons (Fsp3) is 0.143. The Bertz CT molecular complexity index is 490.